The van der Waals surface area contributed by atoms with Crippen molar-refractivity contribution in [3.63, 3.8) is 0 Å². The fourth-order valence-corrected chi connectivity index (χ4v) is 2.98. The number of carbonyl (C=O) groups is 2. The first kappa shape index (κ1) is 16.5. The van der Waals surface area contributed by atoms with E-state index in [1.165, 1.54) is 0 Å². The lowest BCUT2D eigenvalue weighted by molar-refractivity contribution is -0.137. The Morgan fingerprint density at radius 3 is 2.59 bits per heavy atom. The second-order valence-electron chi connectivity index (χ2n) is 6.13. The lowest BCUT2D eigenvalue weighted by Gasteiger charge is -2.37. The van der Waals surface area contributed by atoms with Gasteiger partial charge < -0.3 is 16.4 Å². The van der Waals surface area contributed by atoms with Crippen molar-refractivity contribution in [2.75, 3.05) is 6.54 Å². The lowest BCUT2D eigenvalue weighted by Crippen LogP contribution is -2.48. The molecule has 2 amide bonds. The molecule has 0 aromatic heterocycles. The molecule has 0 aliphatic carbocycles. The first-order valence-corrected chi connectivity index (χ1v) is 7.88. The van der Waals surface area contributed by atoms with Gasteiger partial charge in [-0.25, -0.2) is 0 Å². The average molecular weight is 303 g/mol. The Hall–Kier alpha value is -1.88. The van der Waals surface area contributed by atoms with Gasteiger partial charge in [0.25, 0.3) is 0 Å². The van der Waals surface area contributed by atoms with E-state index >= 15 is 0 Å². The smallest absolute Gasteiger partial charge is 0.222 e. The maximum Gasteiger partial charge on any atom is 0.222 e. The number of amides is 2. The molecule has 120 valence electrons. The summed E-state index contributed by atoms with van der Waals surface area (Å²) >= 11 is 0. The molecule has 5 heteroatoms. The van der Waals surface area contributed by atoms with Crippen LogP contribution in [0.4, 0.5) is 0 Å². The van der Waals surface area contributed by atoms with E-state index in [2.05, 4.69) is 0 Å². The molecule has 2 rings (SSSR count). The highest BCUT2D eigenvalue weighted by Crippen LogP contribution is 2.24. The number of hydrogen-bond acceptors (Lipinski definition) is 3. The highest BCUT2D eigenvalue weighted by atomic mass is 16.2. The number of nitrogens with zero attached hydrogens (tertiary/aromatic N) is 1. The maximum atomic E-state index is 12.4. The van der Waals surface area contributed by atoms with Crippen LogP contribution in [0.25, 0.3) is 0 Å². The van der Waals surface area contributed by atoms with E-state index in [4.69, 9.17) is 11.5 Å². The summed E-state index contributed by atoms with van der Waals surface area (Å²) in [6.07, 6.45) is 2.59. The highest BCUT2D eigenvalue weighted by Gasteiger charge is 2.31. The molecule has 3 unspecified atom stereocenters. The zero-order chi connectivity index (χ0) is 16.1. The van der Waals surface area contributed by atoms with Gasteiger partial charge in [-0.3, -0.25) is 9.59 Å². The third-order valence-corrected chi connectivity index (χ3v) is 4.50. The van der Waals surface area contributed by atoms with Gasteiger partial charge in [0.05, 0.1) is 5.92 Å². The van der Waals surface area contributed by atoms with Gasteiger partial charge in [-0.1, -0.05) is 30.3 Å². The van der Waals surface area contributed by atoms with Crippen LogP contribution < -0.4 is 11.5 Å². The number of hydrogen-bond donors (Lipinski definition) is 2. The van der Waals surface area contributed by atoms with Gasteiger partial charge in [-0.2, -0.15) is 0 Å². The minimum atomic E-state index is -0.314. The maximum absolute atomic E-state index is 12.4. The molecule has 22 heavy (non-hydrogen) atoms. The Morgan fingerprint density at radius 1 is 1.27 bits per heavy atom. The van der Waals surface area contributed by atoms with E-state index in [0.29, 0.717) is 19.4 Å². The van der Waals surface area contributed by atoms with Gasteiger partial charge >= 0.3 is 0 Å². The van der Waals surface area contributed by atoms with E-state index in [1.54, 1.807) is 4.90 Å². The molecule has 4 N–H and O–H groups in total. The minimum Gasteiger partial charge on any atom is -0.369 e. The Bertz CT molecular complexity index is 518. The van der Waals surface area contributed by atoms with Gasteiger partial charge in [0.15, 0.2) is 0 Å². The molecular formula is C17H25N3O2. The van der Waals surface area contributed by atoms with Crippen molar-refractivity contribution in [2.24, 2.45) is 17.4 Å². The first-order chi connectivity index (χ1) is 10.5. The number of piperidine rings is 1. The fraction of sp³-hybridized carbons (Fsp3) is 0.529. The number of nitrogens with two attached hydrogens (primary N) is 2. The summed E-state index contributed by atoms with van der Waals surface area (Å²) in [4.78, 5) is 25.6. The third kappa shape index (κ3) is 4.07. The van der Waals surface area contributed by atoms with E-state index < -0.39 is 0 Å². The van der Waals surface area contributed by atoms with Crippen LogP contribution in [-0.2, 0) is 9.59 Å². The van der Waals surface area contributed by atoms with Crippen LogP contribution in [0.1, 0.15) is 44.2 Å². The Labute approximate surface area is 131 Å². The van der Waals surface area contributed by atoms with Gasteiger partial charge in [-0.05, 0) is 31.7 Å². The van der Waals surface area contributed by atoms with Crippen molar-refractivity contribution >= 4 is 11.8 Å². The number of carbonyl (C=O) groups excluding carboxylic acids is 2. The second-order valence-corrected chi connectivity index (χ2v) is 6.13. The van der Waals surface area contributed by atoms with Crippen LogP contribution in [0.2, 0.25) is 0 Å². The zero-order valence-corrected chi connectivity index (χ0v) is 13.1. The summed E-state index contributed by atoms with van der Waals surface area (Å²) in [6.45, 7) is 2.46. The second kappa shape index (κ2) is 7.40. The van der Waals surface area contributed by atoms with E-state index in [9.17, 15) is 9.59 Å². The molecule has 1 aromatic carbocycles. The van der Waals surface area contributed by atoms with Crippen molar-refractivity contribution in [3.8, 4) is 0 Å². The molecule has 0 saturated carbocycles. The molecule has 1 heterocycles. The standard InChI is InChI=1S/C17H25N3O2/c1-12-7-8-14(17(19)22)11-20(12)16(21)10-9-15(18)13-5-3-2-4-6-13/h2-6,12,14-15H,7-11,18H2,1H3,(H2,19,22). The monoisotopic (exact) mass is 303 g/mol. The zero-order valence-electron chi connectivity index (χ0n) is 13.1. The van der Waals surface area contributed by atoms with Crippen molar-refractivity contribution in [1.29, 1.82) is 0 Å². The van der Waals surface area contributed by atoms with Crippen LogP contribution >= 0.6 is 0 Å². The largest absolute Gasteiger partial charge is 0.369 e. The van der Waals surface area contributed by atoms with Crippen molar-refractivity contribution in [3.05, 3.63) is 35.9 Å². The molecule has 3 atom stereocenters. The first-order valence-electron chi connectivity index (χ1n) is 7.88. The molecule has 1 aliphatic rings. The Morgan fingerprint density at radius 2 is 1.95 bits per heavy atom. The summed E-state index contributed by atoms with van der Waals surface area (Å²) in [6, 6.07) is 9.81. The van der Waals surface area contributed by atoms with Crippen molar-refractivity contribution in [2.45, 2.75) is 44.7 Å². The molecule has 1 aliphatic heterocycles. The summed E-state index contributed by atoms with van der Waals surface area (Å²) in [7, 11) is 0. The number of rotatable bonds is 5. The fourth-order valence-electron chi connectivity index (χ4n) is 2.98. The molecule has 0 radical (unpaired) electrons. The van der Waals surface area contributed by atoms with Crippen LogP contribution in [0.5, 0.6) is 0 Å². The normalized spacial score (nSPS) is 23.1. The van der Waals surface area contributed by atoms with E-state index in [1.807, 2.05) is 37.3 Å². The summed E-state index contributed by atoms with van der Waals surface area (Å²) in [5, 5.41) is 0. The third-order valence-electron chi connectivity index (χ3n) is 4.50. The lowest BCUT2D eigenvalue weighted by atomic mass is 9.92. The number of likely N-dealkylation sites (tertiary alicyclic amines) is 1. The highest BCUT2D eigenvalue weighted by molar-refractivity contribution is 5.80. The van der Waals surface area contributed by atoms with Gasteiger partial charge in [0.1, 0.15) is 0 Å². The van der Waals surface area contributed by atoms with Crippen LogP contribution in [0.15, 0.2) is 30.3 Å². The van der Waals surface area contributed by atoms with Crippen molar-refractivity contribution in [1.82, 2.24) is 4.90 Å². The predicted octanol–water partition coefficient (Wildman–Crippen LogP) is 1.58. The van der Waals surface area contributed by atoms with Crippen LogP contribution in [0.3, 0.4) is 0 Å². The predicted molar refractivity (Wildman–Crippen MR) is 85.7 cm³/mol. The van der Waals surface area contributed by atoms with Gasteiger partial charge in [-0.15, -0.1) is 0 Å². The SMILES string of the molecule is CC1CCC(C(N)=O)CN1C(=O)CCC(N)c1ccccc1. The molecule has 1 aromatic rings. The van der Waals surface area contributed by atoms with Gasteiger partial charge in [0.2, 0.25) is 11.8 Å². The molecule has 0 bridgehead atoms. The quantitative estimate of drug-likeness (QED) is 0.865. The van der Waals surface area contributed by atoms with Crippen LogP contribution in [-0.4, -0.2) is 29.3 Å². The topological polar surface area (TPSA) is 89.4 Å². The van der Waals surface area contributed by atoms with Crippen molar-refractivity contribution < 1.29 is 9.59 Å². The molecule has 0 spiro atoms. The summed E-state index contributed by atoms with van der Waals surface area (Å²) in [5.41, 5.74) is 12.6. The van der Waals surface area contributed by atoms with Gasteiger partial charge in [0, 0.05) is 25.0 Å². The van der Waals surface area contributed by atoms with Crippen LogP contribution in [0, 0.1) is 5.92 Å². The number of primary amides is 1. The Kier molecular flexibility index (Phi) is 5.55. The van der Waals surface area contributed by atoms with E-state index in [-0.39, 0.29) is 29.8 Å². The molecular weight excluding hydrogens is 278 g/mol. The summed E-state index contributed by atoms with van der Waals surface area (Å²) in [5.74, 6) is -0.474. The molecule has 1 saturated heterocycles. The average Bonchev–Trinajstić information content (AvgIpc) is 2.53. The Balaban J connectivity index is 1.89. The summed E-state index contributed by atoms with van der Waals surface area (Å²) < 4.78 is 0. The minimum absolute atomic E-state index is 0.0600. The number of benzene rings is 1. The molecule has 5 nitrogen and oxygen atoms in total. The molecule has 1 fully saturated rings. The van der Waals surface area contributed by atoms with E-state index in [0.717, 1.165) is 18.4 Å².